The van der Waals surface area contributed by atoms with E-state index >= 15 is 0 Å². The van der Waals surface area contributed by atoms with Gasteiger partial charge in [-0.2, -0.15) is 5.10 Å². The largest absolute Gasteiger partial charge is 0.384 e. The van der Waals surface area contributed by atoms with Crippen LogP contribution >= 0.6 is 0 Å². The van der Waals surface area contributed by atoms with E-state index in [0.717, 1.165) is 63.1 Å². The number of pyridine rings is 2. The molecule has 6 rings (SSSR count). The van der Waals surface area contributed by atoms with Gasteiger partial charge in [0.15, 0.2) is 0 Å². The maximum Gasteiger partial charge on any atom is 0.118 e. The zero-order chi connectivity index (χ0) is 26.8. The lowest BCUT2D eigenvalue weighted by Gasteiger charge is -2.33. The van der Waals surface area contributed by atoms with Gasteiger partial charge < -0.3 is 14.4 Å². The van der Waals surface area contributed by atoms with Gasteiger partial charge in [0.2, 0.25) is 0 Å². The van der Waals surface area contributed by atoms with Gasteiger partial charge in [-0.25, -0.2) is 4.68 Å². The Bertz CT molecular complexity index is 1630. The molecule has 5 aromatic rings. The Morgan fingerprint density at radius 3 is 2.50 bits per heavy atom. The van der Waals surface area contributed by atoms with Gasteiger partial charge in [-0.3, -0.25) is 14.6 Å². The summed E-state index contributed by atoms with van der Waals surface area (Å²) < 4.78 is 11.7. The molecule has 0 aromatic carbocycles. The van der Waals surface area contributed by atoms with Gasteiger partial charge in [0.1, 0.15) is 22.3 Å². The van der Waals surface area contributed by atoms with Gasteiger partial charge in [0.05, 0.1) is 34.2 Å². The van der Waals surface area contributed by atoms with Crippen LogP contribution in [0.15, 0.2) is 30.6 Å². The van der Waals surface area contributed by atoms with Crippen LogP contribution in [0.5, 0.6) is 0 Å². The van der Waals surface area contributed by atoms with E-state index in [1.165, 1.54) is 0 Å². The molecule has 198 valence electrons. The third-order valence-electron chi connectivity index (χ3n) is 7.78. The van der Waals surface area contributed by atoms with Gasteiger partial charge in [-0.1, -0.05) is 11.3 Å². The maximum atomic E-state index is 11.3. The highest BCUT2D eigenvalue weighted by Crippen LogP contribution is 2.43. The first-order valence-electron chi connectivity index (χ1n) is 13.1. The fourth-order valence-electron chi connectivity index (χ4n) is 6.03. The summed E-state index contributed by atoms with van der Waals surface area (Å²) in [5, 5.41) is 24.6. The normalized spacial score (nSPS) is 16.1. The summed E-state index contributed by atoms with van der Waals surface area (Å²) in [6.45, 7) is 9.08. The van der Waals surface area contributed by atoms with Crippen molar-refractivity contribution in [1.82, 2.24) is 39.3 Å². The topological polar surface area (TPSA) is 109 Å². The van der Waals surface area contributed by atoms with E-state index in [-0.39, 0.29) is 12.0 Å². The van der Waals surface area contributed by atoms with Crippen LogP contribution in [0, 0.1) is 19.8 Å². The Morgan fingerprint density at radius 1 is 1.08 bits per heavy atom. The van der Waals surface area contributed by atoms with Crippen LogP contribution in [0.25, 0.3) is 33.3 Å². The predicted molar refractivity (Wildman–Crippen MR) is 145 cm³/mol. The molecule has 1 atom stereocenters. The van der Waals surface area contributed by atoms with Crippen LogP contribution in [-0.4, -0.2) is 57.6 Å². The molecule has 0 aliphatic carbocycles. The molecule has 0 saturated carbocycles. The summed E-state index contributed by atoms with van der Waals surface area (Å²) >= 11 is 0. The second kappa shape index (κ2) is 8.99. The molecule has 0 amide bonds. The molecule has 38 heavy (non-hydrogen) atoms. The monoisotopic (exact) mass is 514 g/mol. The van der Waals surface area contributed by atoms with Gasteiger partial charge in [-0.15, -0.1) is 5.10 Å². The van der Waals surface area contributed by atoms with Crippen LogP contribution in [0.3, 0.4) is 0 Å². The Labute approximate surface area is 221 Å². The lowest BCUT2D eigenvalue weighted by atomic mass is 9.87. The van der Waals surface area contributed by atoms with Gasteiger partial charge in [-0.05, 0) is 64.2 Å². The summed E-state index contributed by atoms with van der Waals surface area (Å²) in [5.74, 6) is 0.287. The fraction of sp³-hybridized carbons (Fsp3) is 0.464. The number of aryl methyl sites for hydroxylation is 4. The lowest BCUT2D eigenvalue weighted by Crippen LogP contribution is -2.29. The van der Waals surface area contributed by atoms with Crippen molar-refractivity contribution in [2.45, 2.75) is 52.2 Å². The second-order valence-corrected chi connectivity index (χ2v) is 10.9. The highest BCUT2D eigenvalue weighted by molar-refractivity contribution is 6.06. The van der Waals surface area contributed by atoms with Crippen molar-refractivity contribution < 1.29 is 9.84 Å². The van der Waals surface area contributed by atoms with Gasteiger partial charge in [0, 0.05) is 45.3 Å². The molecule has 0 spiro atoms. The van der Waals surface area contributed by atoms with Crippen LogP contribution in [0.2, 0.25) is 0 Å². The minimum Gasteiger partial charge on any atom is -0.384 e. The van der Waals surface area contributed by atoms with Crippen molar-refractivity contribution in [3.05, 3.63) is 53.2 Å². The molecular weight excluding hydrogens is 480 g/mol. The molecule has 0 radical (unpaired) electrons. The van der Waals surface area contributed by atoms with E-state index in [2.05, 4.69) is 33.9 Å². The molecule has 10 heteroatoms. The number of rotatable bonds is 5. The van der Waals surface area contributed by atoms with Gasteiger partial charge in [0.25, 0.3) is 0 Å². The highest BCUT2D eigenvalue weighted by atomic mass is 16.5. The number of hydrogen-bond acceptors (Lipinski definition) is 7. The zero-order valence-corrected chi connectivity index (χ0v) is 22.8. The molecular formula is C28H34N8O2. The van der Waals surface area contributed by atoms with Crippen molar-refractivity contribution in [1.29, 1.82) is 0 Å². The Kier molecular flexibility index (Phi) is 5.84. The quantitative estimate of drug-likeness (QED) is 0.378. The zero-order valence-electron chi connectivity index (χ0n) is 22.8. The molecule has 5 aromatic heterocycles. The summed E-state index contributed by atoms with van der Waals surface area (Å²) in [7, 11) is 3.81. The standard InChI is InChI=1S/C28H34N8O2/c1-16-8-7-11-29-21(16)24(18-9-12-38-13-10-18)36-20-14-19(23-17(2)31-33-35(23)6)15-30-22(20)25-26(36)27(28(3,4)37)32-34(25)5/h7-8,11,14-15,18,24,37H,9-10,12-13H2,1-6H3. The number of ether oxygens (including phenoxy) is 1. The average molecular weight is 515 g/mol. The third kappa shape index (κ3) is 3.82. The molecule has 6 heterocycles. The second-order valence-electron chi connectivity index (χ2n) is 10.9. The molecule has 1 saturated heterocycles. The van der Waals surface area contributed by atoms with Crippen LogP contribution in [-0.2, 0) is 24.4 Å². The van der Waals surface area contributed by atoms with Crippen molar-refractivity contribution in [2.24, 2.45) is 20.0 Å². The molecule has 1 unspecified atom stereocenters. The third-order valence-corrected chi connectivity index (χ3v) is 7.78. The molecule has 1 aliphatic heterocycles. The SMILES string of the molecule is Cc1cccnc1C(C1CCOCC1)n1c2cc(-c3c(C)nnn3C)cnc2c2c1c(C(C)(C)O)nn2C. The van der Waals surface area contributed by atoms with E-state index < -0.39 is 5.60 Å². The smallest absolute Gasteiger partial charge is 0.118 e. The Hall–Kier alpha value is -3.63. The van der Waals surface area contributed by atoms with Crippen molar-refractivity contribution in [2.75, 3.05) is 13.2 Å². The molecule has 1 N–H and O–H groups in total. The Morgan fingerprint density at radius 2 is 1.84 bits per heavy atom. The van der Waals surface area contributed by atoms with E-state index in [1.54, 1.807) is 18.5 Å². The van der Waals surface area contributed by atoms with Crippen molar-refractivity contribution in [3.8, 4) is 11.3 Å². The lowest BCUT2D eigenvalue weighted by molar-refractivity contribution is 0.0542. The molecule has 1 fully saturated rings. The summed E-state index contributed by atoms with van der Waals surface area (Å²) in [4.78, 5) is 9.92. The molecule has 0 bridgehead atoms. The van der Waals surface area contributed by atoms with E-state index in [1.807, 2.05) is 44.2 Å². The minimum absolute atomic E-state index is 0.0896. The van der Waals surface area contributed by atoms with Crippen molar-refractivity contribution >= 4 is 22.1 Å². The highest BCUT2D eigenvalue weighted by Gasteiger charge is 2.36. The fourth-order valence-corrected chi connectivity index (χ4v) is 6.03. The van der Waals surface area contributed by atoms with Gasteiger partial charge >= 0.3 is 0 Å². The first kappa shape index (κ1) is 24.7. The van der Waals surface area contributed by atoms with E-state index in [9.17, 15) is 5.11 Å². The number of aliphatic hydroxyl groups is 1. The Balaban J connectivity index is 1.75. The summed E-state index contributed by atoms with van der Waals surface area (Å²) in [6, 6.07) is 6.18. The van der Waals surface area contributed by atoms with Crippen molar-refractivity contribution in [3.63, 3.8) is 0 Å². The maximum absolute atomic E-state index is 11.3. The number of fused-ring (bicyclic) bond motifs is 3. The number of aromatic nitrogens is 8. The first-order valence-corrected chi connectivity index (χ1v) is 13.1. The average Bonchev–Trinajstić information content (AvgIpc) is 3.52. The summed E-state index contributed by atoms with van der Waals surface area (Å²) in [6.07, 6.45) is 5.58. The van der Waals surface area contributed by atoms with Crippen LogP contribution < -0.4 is 0 Å². The predicted octanol–water partition coefficient (Wildman–Crippen LogP) is 3.97. The molecule has 10 nitrogen and oxygen atoms in total. The van der Waals surface area contributed by atoms with E-state index in [4.69, 9.17) is 19.8 Å². The first-order chi connectivity index (χ1) is 18.2. The number of hydrogen-bond donors (Lipinski definition) is 1. The van der Waals surface area contributed by atoms with Crippen LogP contribution in [0.1, 0.15) is 55.4 Å². The number of nitrogens with zero attached hydrogens (tertiary/aromatic N) is 8. The minimum atomic E-state index is -1.16. The van der Waals surface area contributed by atoms with Crippen LogP contribution in [0.4, 0.5) is 0 Å². The molecule has 1 aliphatic rings. The summed E-state index contributed by atoms with van der Waals surface area (Å²) in [5.41, 5.74) is 7.92. The van der Waals surface area contributed by atoms with E-state index in [0.29, 0.717) is 18.9 Å².